The third kappa shape index (κ3) is 5.88. The van der Waals surface area contributed by atoms with E-state index in [-0.39, 0.29) is 50.8 Å². The summed E-state index contributed by atoms with van der Waals surface area (Å²) < 4.78 is 10.8. The van der Waals surface area contributed by atoms with Crippen LogP contribution in [0.1, 0.15) is 66.2 Å². The lowest BCUT2D eigenvalue weighted by molar-refractivity contribution is -0.135. The third-order valence-corrected chi connectivity index (χ3v) is 7.54. The van der Waals surface area contributed by atoms with Crippen molar-refractivity contribution in [2.45, 2.75) is 70.3 Å². The zero-order valence-corrected chi connectivity index (χ0v) is 23.3. The normalized spacial score (nSPS) is 19.7. The fourth-order valence-electron chi connectivity index (χ4n) is 5.42. The minimum atomic E-state index is -1.28. The van der Waals surface area contributed by atoms with Crippen LogP contribution in [0.25, 0.3) is 0 Å². The Morgan fingerprint density at radius 2 is 1.88 bits per heavy atom. The Balaban J connectivity index is 1.36. The van der Waals surface area contributed by atoms with Crippen molar-refractivity contribution in [2.24, 2.45) is 0 Å². The summed E-state index contributed by atoms with van der Waals surface area (Å²) in [6.45, 7) is 6.31. The minimum absolute atomic E-state index is 0.173. The number of anilines is 1. The first-order valence-electron chi connectivity index (χ1n) is 13.6. The molecule has 0 saturated carbocycles. The summed E-state index contributed by atoms with van der Waals surface area (Å²) in [5.41, 5.74) is 2.07. The lowest BCUT2D eigenvalue weighted by Crippen LogP contribution is -2.64. The van der Waals surface area contributed by atoms with Gasteiger partial charge in [0.05, 0.1) is 18.2 Å². The van der Waals surface area contributed by atoms with Crippen LogP contribution in [0, 0.1) is 11.3 Å². The van der Waals surface area contributed by atoms with Gasteiger partial charge in [-0.05, 0) is 61.7 Å². The first-order valence-corrected chi connectivity index (χ1v) is 13.6. The number of hydrogen-bond acceptors (Lipinski definition) is 7. The van der Waals surface area contributed by atoms with Crippen LogP contribution in [0.4, 0.5) is 10.5 Å². The molecule has 0 unspecified atom stereocenters. The third-order valence-electron chi connectivity index (χ3n) is 7.54. The molecule has 0 radical (unpaired) electrons. The van der Waals surface area contributed by atoms with Crippen molar-refractivity contribution in [3.63, 3.8) is 0 Å². The molecule has 1 saturated heterocycles. The van der Waals surface area contributed by atoms with Gasteiger partial charge < -0.3 is 30.3 Å². The van der Waals surface area contributed by atoms with Crippen molar-refractivity contribution in [2.75, 3.05) is 18.1 Å². The SMILES string of the molecule is CC(C)(C)OC(=O)NC1(C(=O)N[C@H]2Cc3cc4c(cc3CNC2=O)C(=O)N(c2cccc(C#N)c2)C4)CCOCC1. The highest BCUT2D eigenvalue weighted by Gasteiger charge is 2.44. The van der Waals surface area contributed by atoms with E-state index in [2.05, 4.69) is 22.0 Å². The van der Waals surface area contributed by atoms with Crippen LogP contribution in [-0.4, -0.2) is 54.2 Å². The van der Waals surface area contributed by atoms with E-state index in [4.69, 9.17) is 9.47 Å². The molecular weight excluding hydrogens is 526 g/mol. The summed E-state index contributed by atoms with van der Waals surface area (Å²) in [7, 11) is 0. The van der Waals surface area contributed by atoms with Crippen molar-refractivity contribution in [1.82, 2.24) is 16.0 Å². The maximum absolute atomic E-state index is 13.7. The molecule has 3 aliphatic heterocycles. The number of ether oxygens (including phenoxy) is 2. The summed E-state index contributed by atoms with van der Waals surface area (Å²) in [5, 5.41) is 17.7. The molecule has 41 heavy (non-hydrogen) atoms. The van der Waals surface area contributed by atoms with E-state index < -0.39 is 29.2 Å². The Kier molecular flexibility index (Phi) is 7.44. The van der Waals surface area contributed by atoms with E-state index in [1.54, 1.807) is 56.0 Å². The molecule has 1 atom stereocenters. The van der Waals surface area contributed by atoms with E-state index in [0.717, 1.165) is 16.7 Å². The highest BCUT2D eigenvalue weighted by molar-refractivity contribution is 6.10. The second kappa shape index (κ2) is 10.9. The van der Waals surface area contributed by atoms with Crippen LogP contribution in [-0.2, 0) is 38.6 Å². The predicted molar refractivity (Wildman–Crippen MR) is 148 cm³/mol. The van der Waals surface area contributed by atoms with Crippen LogP contribution in [0.15, 0.2) is 36.4 Å². The highest BCUT2D eigenvalue weighted by Crippen LogP contribution is 2.32. The molecule has 11 heteroatoms. The Labute approximate surface area is 238 Å². The summed E-state index contributed by atoms with van der Waals surface area (Å²) in [6, 6.07) is 11.8. The Hall–Kier alpha value is -4.43. The van der Waals surface area contributed by atoms with Crippen LogP contribution in [0.5, 0.6) is 0 Å². The second-order valence-electron chi connectivity index (χ2n) is 11.6. The maximum Gasteiger partial charge on any atom is 0.408 e. The van der Waals surface area contributed by atoms with Gasteiger partial charge in [-0.2, -0.15) is 5.26 Å². The molecule has 4 amide bonds. The number of nitriles is 1. The van der Waals surface area contributed by atoms with E-state index in [1.165, 1.54) is 0 Å². The maximum atomic E-state index is 13.7. The van der Waals surface area contributed by atoms with Gasteiger partial charge in [-0.25, -0.2) is 4.79 Å². The van der Waals surface area contributed by atoms with Gasteiger partial charge in [0.15, 0.2) is 0 Å². The molecule has 11 nitrogen and oxygen atoms in total. The van der Waals surface area contributed by atoms with Crippen molar-refractivity contribution in [3.8, 4) is 6.07 Å². The van der Waals surface area contributed by atoms with Gasteiger partial charge in [-0.1, -0.05) is 12.1 Å². The fourth-order valence-corrected chi connectivity index (χ4v) is 5.42. The first-order chi connectivity index (χ1) is 19.5. The monoisotopic (exact) mass is 559 g/mol. The lowest BCUT2D eigenvalue weighted by atomic mass is 9.88. The molecule has 0 aliphatic carbocycles. The molecule has 3 N–H and O–H groups in total. The molecule has 0 spiro atoms. The van der Waals surface area contributed by atoms with E-state index in [9.17, 15) is 24.4 Å². The molecule has 0 aromatic heterocycles. The molecule has 5 rings (SSSR count). The van der Waals surface area contributed by atoms with Gasteiger partial charge in [0.25, 0.3) is 5.91 Å². The fraction of sp³-hybridized carbons (Fsp3) is 0.433. The quantitative estimate of drug-likeness (QED) is 0.521. The number of carbonyl (C=O) groups excluding carboxylic acids is 4. The zero-order valence-electron chi connectivity index (χ0n) is 23.3. The number of amides is 4. The van der Waals surface area contributed by atoms with Gasteiger partial charge in [-0.15, -0.1) is 0 Å². The molecule has 2 aromatic rings. The van der Waals surface area contributed by atoms with E-state index in [1.807, 2.05) is 6.07 Å². The summed E-state index contributed by atoms with van der Waals surface area (Å²) >= 11 is 0. The molecule has 3 aliphatic rings. The van der Waals surface area contributed by atoms with Crippen molar-refractivity contribution < 1.29 is 28.7 Å². The summed E-state index contributed by atoms with van der Waals surface area (Å²) in [5.74, 6) is -1.00. The number of carbonyl (C=O) groups is 4. The van der Waals surface area contributed by atoms with Crippen LogP contribution < -0.4 is 20.9 Å². The number of rotatable bonds is 4. The molecule has 1 fully saturated rings. The zero-order chi connectivity index (χ0) is 29.4. The van der Waals surface area contributed by atoms with Crippen LogP contribution in [0.3, 0.4) is 0 Å². The van der Waals surface area contributed by atoms with Gasteiger partial charge in [-0.3, -0.25) is 14.4 Å². The van der Waals surface area contributed by atoms with Crippen LogP contribution in [0.2, 0.25) is 0 Å². The van der Waals surface area contributed by atoms with Gasteiger partial charge >= 0.3 is 6.09 Å². The minimum Gasteiger partial charge on any atom is -0.444 e. The van der Waals surface area contributed by atoms with Gasteiger partial charge in [0, 0.05) is 50.3 Å². The average molecular weight is 560 g/mol. The molecule has 214 valence electrons. The number of nitrogens with zero attached hydrogens (tertiary/aromatic N) is 2. The van der Waals surface area contributed by atoms with Crippen molar-refractivity contribution in [1.29, 1.82) is 5.26 Å². The molecule has 3 heterocycles. The second-order valence-corrected chi connectivity index (χ2v) is 11.6. The van der Waals surface area contributed by atoms with Crippen LogP contribution >= 0.6 is 0 Å². The number of hydrogen-bond donors (Lipinski definition) is 3. The molecule has 0 bridgehead atoms. The first kappa shape index (κ1) is 28.1. The van der Waals surface area contributed by atoms with E-state index >= 15 is 0 Å². The standard InChI is InChI=1S/C30H33N5O6/c1-29(2,3)41-28(39)34-30(7-9-40-10-8-30)27(38)33-24-14-19-12-21-17-35(22-6-4-5-18(11-22)15-31)26(37)23(21)13-20(19)16-32-25(24)36/h4-6,11-13,24H,7-10,14,16-17H2,1-3H3,(H,32,36)(H,33,38)(H,34,39)/t24-/m0/s1. The number of benzene rings is 2. The predicted octanol–water partition coefficient (Wildman–Crippen LogP) is 2.45. The largest absolute Gasteiger partial charge is 0.444 e. The molecular formula is C30H33N5O6. The Morgan fingerprint density at radius 3 is 2.59 bits per heavy atom. The smallest absolute Gasteiger partial charge is 0.408 e. The Bertz CT molecular complexity index is 1450. The molecule has 2 aromatic carbocycles. The van der Waals surface area contributed by atoms with E-state index in [0.29, 0.717) is 23.4 Å². The number of fused-ring (bicyclic) bond motifs is 2. The van der Waals surface area contributed by atoms with Crippen molar-refractivity contribution >= 4 is 29.5 Å². The number of nitrogens with one attached hydrogen (secondary N) is 3. The summed E-state index contributed by atoms with van der Waals surface area (Å²) in [4.78, 5) is 54.2. The van der Waals surface area contributed by atoms with Gasteiger partial charge in [0.1, 0.15) is 17.2 Å². The topological polar surface area (TPSA) is 150 Å². The number of alkyl carbamates (subject to hydrolysis) is 1. The highest BCUT2D eigenvalue weighted by atomic mass is 16.6. The average Bonchev–Trinajstić information content (AvgIpc) is 3.16. The Morgan fingerprint density at radius 1 is 1.12 bits per heavy atom. The van der Waals surface area contributed by atoms with Gasteiger partial charge in [0.2, 0.25) is 11.8 Å². The summed E-state index contributed by atoms with van der Waals surface area (Å²) in [6.07, 6.45) is -0.0180. The van der Waals surface area contributed by atoms with Crippen molar-refractivity contribution in [3.05, 3.63) is 64.2 Å². The lowest BCUT2D eigenvalue weighted by Gasteiger charge is -2.37.